The summed E-state index contributed by atoms with van der Waals surface area (Å²) in [4.78, 5) is 25.3. The molecule has 2 N–H and O–H groups in total. The number of fused-ring (bicyclic) bond motifs is 1. The molecule has 31 heavy (non-hydrogen) atoms. The third-order valence-corrected chi connectivity index (χ3v) is 5.32. The highest BCUT2D eigenvalue weighted by molar-refractivity contribution is 6.33. The topological polar surface area (TPSA) is 94.5 Å². The highest BCUT2D eigenvalue weighted by Crippen LogP contribution is 2.39. The van der Waals surface area contributed by atoms with E-state index >= 15 is 0 Å². The van der Waals surface area contributed by atoms with Gasteiger partial charge in [-0.1, -0.05) is 35.9 Å². The lowest BCUT2D eigenvalue weighted by molar-refractivity contribution is -0.123. The maximum absolute atomic E-state index is 12.7. The van der Waals surface area contributed by atoms with Crippen molar-refractivity contribution in [3.8, 4) is 16.9 Å². The minimum Gasteiger partial charge on any atom is -0.497 e. The monoisotopic (exact) mass is 440 g/mol. The van der Waals surface area contributed by atoms with Crippen LogP contribution in [0.2, 0.25) is 5.02 Å². The average molecular weight is 441 g/mol. The van der Waals surface area contributed by atoms with Gasteiger partial charge in [0.05, 0.1) is 42.1 Å². The third kappa shape index (κ3) is 4.12. The van der Waals surface area contributed by atoms with E-state index in [9.17, 15) is 9.59 Å². The van der Waals surface area contributed by atoms with Gasteiger partial charge in [-0.05, 0) is 29.8 Å². The third-order valence-electron chi connectivity index (χ3n) is 4.99. The van der Waals surface area contributed by atoms with Gasteiger partial charge in [0.1, 0.15) is 17.6 Å². The van der Waals surface area contributed by atoms with Crippen LogP contribution in [0.1, 0.15) is 18.2 Å². The number of ether oxygens (including phenoxy) is 2. The van der Waals surface area contributed by atoms with Gasteiger partial charge in [-0.25, -0.2) is 4.68 Å². The molecule has 1 atom stereocenters. The van der Waals surface area contributed by atoms with Gasteiger partial charge >= 0.3 is 0 Å². The molecule has 1 aromatic heterocycles. The first kappa shape index (κ1) is 20.9. The molecule has 2 amide bonds. The summed E-state index contributed by atoms with van der Waals surface area (Å²) in [6.07, 6.45) is -0.0876. The van der Waals surface area contributed by atoms with Crippen molar-refractivity contribution in [2.24, 2.45) is 0 Å². The number of nitrogens with zero attached hydrogens (tertiary/aromatic N) is 2. The molecule has 3 aromatic rings. The molecule has 0 fully saturated rings. The van der Waals surface area contributed by atoms with E-state index in [-0.39, 0.29) is 24.8 Å². The molecule has 160 valence electrons. The zero-order chi connectivity index (χ0) is 22.0. The van der Waals surface area contributed by atoms with E-state index in [4.69, 9.17) is 21.1 Å². The van der Waals surface area contributed by atoms with Crippen molar-refractivity contribution >= 4 is 34.9 Å². The Hall–Kier alpha value is -3.36. The zero-order valence-corrected chi connectivity index (χ0v) is 17.8. The summed E-state index contributed by atoms with van der Waals surface area (Å²) in [5.41, 5.74) is 2.71. The minimum atomic E-state index is -0.785. The molecular formula is C22H21ClN4O4. The van der Waals surface area contributed by atoms with Crippen LogP contribution in [-0.2, 0) is 20.9 Å². The van der Waals surface area contributed by atoms with Crippen molar-refractivity contribution in [3.63, 3.8) is 0 Å². The Bertz CT molecular complexity index is 1140. The Morgan fingerprint density at radius 3 is 2.77 bits per heavy atom. The highest BCUT2D eigenvalue weighted by atomic mass is 35.5. The van der Waals surface area contributed by atoms with Gasteiger partial charge in [0, 0.05) is 7.11 Å². The second-order valence-corrected chi connectivity index (χ2v) is 7.42. The number of halogens is 1. The molecule has 0 saturated carbocycles. The van der Waals surface area contributed by atoms with E-state index in [0.717, 1.165) is 11.1 Å². The summed E-state index contributed by atoms with van der Waals surface area (Å²) in [5, 5.41) is 10.6. The smallest absolute Gasteiger partial charge is 0.251 e. The molecule has 1 aliphatic rings. The number of nitrogens with one attached hydrogen (secondary N) is 2. The summed E-state index contributed by atoms with van der Waals surface area (Å²) >= 11 is 6.11. The maximum Gasteiger partial charge on any atom is 0.251 e. The standard InChI is InChI=1S/C22H21ClN4O4/c1-30-12-17-20(13-6-5-7-14(10-13)31-2)21-25-22(29)18(27(21)26-17)11-19(28)24-16-9-4-3-8-15(16)23/h3-10,18H,11-12H2,1-2H3,(H,24,28)(H,25,29). The van der Waals surface area contributed by atoms with Crippen LogP contribution in [-0.4, -0.2) is 35.8 Å². The molecule has 1 unspecified atom stereocenters. The lowest BCUT2D eigenvalue weighted by atomic mass is 10.1. The van der Waals surface area contributed by atoms with E-state index in [1.165, 1.54) is 0 Å². The number of rotatable bonds is 7. The van der Waals surface area contributed by atoms with Gasteiger partial charge in [0.2, 0.25) is 5.91 Å². The maximum atomic E-state index is 12.7. The summed E-state index contributed by atoms with van der Waals surface area (Å²) in [6, 6.07) is 13.6. The Labute approximate surface area is 184 Å². The molecule has 0 saturated heterocycles. The Morgan fingerprint density at radius 2 is 2.03 bits per heavy atom. The molecule has 0 radical (unpaired) electrons. The number of aromatic nitrogens is 2. The number of methoxy groups -OCH3 is 2. The van der Waals surface area contributed by atoms with Crippen LogP contribution in [0.5, 0.6) is 5.75 Å². The fourth-order valence-electron chi connectivity index (χ4n) is 3.58. The largest absolute Gasteiger partial charge is 0.497 e. The second-order valence-electron chi connectivity index (χ2n) is 7.02. The van der Waals surface area contributed by atoms with Gasteiger partial charge in [0.15, 0.2) is 0 Å². The van der Waals surface area contributed by atoms with Gasteiger partial charge in [0.25, 0.3) is 5.91 Å². The fourth-order valence-corrected chi connectivity index (χ4v) is 3.76. The van der Waals surface area contributed by atoms with E-state index in [2.05, 4.69) is 15.7 Å². The first-order valence-corrected chi connectivity index (χ1v) is 9.99. The summed E-state index contributed by atoms with van der Waals surface area (Å²) in [6.45, 7) is 0.251. The Balaban J connectivity index is 1.65. The van der Waals surface area contributed by atoms with Crippen molar-refractivity contribution < 1.29 is 19.1 Å². The fraction of sp³-hybridized carbons (Fsp3) is 0.227. The first-order chi connectivity index (χ1) is 15.0. The summed E-state index contributed by atoms with van der Waals surface area (Å²) in [7, 11) is 3.17. The van der Waals surface area contributed by atoms with Crippen molar-refractivity contribution in [3.05, 3.63) is 59.2 Å². The number of hydrogen-bond donors (Lipinski definition) is 2. The van der Waals surface area contributed by atoms with Crippen molar-refractivity contribution in [2.45, 2.75) is 19.1 Å². The van der Waals surface area contributed by atoms with Crippen LogP contribution in [0.25, 0.3) is 11.1 Å². The van der Waals surface area contributed by atoms with Crippen LogP contribution in [0.3, 0.4) is 0 Å². The van der Waals surface area contributed by atoms with E-state index < -0.39 is 6.04 Å². The number of carbonyl (C=O) groups excluding carboxylic acids is 2. The summed E-state index contributed by atoms with van der Waals surface area (Å²) in [5.74, 6) is 0.569. The number of para-hydroxylation sites is 1. The zero-order valence-electron chi connectivity index (χ0n) is 17.0. The minimum absolute atomic E-state index is 0.0876. The van der Waals surface area contributed by atoms with Crippen LogP contribution < -0.4 is 15.4 Å². The number of benzene rings is 2. The Morgan fingerprint density at radius 1 is 1.23 bits per heavy atom. The summed E-state index contributed by atoms with van der Waals surface area (Å²) < 4.78 is 12.2. The van der Waals surface area contributed by atoms with Crippen molar-refractivity contribution in [2.75, 3.05) is 24.9 Å². The van der Waals surface area contributed by atoms with Crippen LogP contribution in [0.4, 0.5) is 11.5 Å². The lowest BCUT2D eigenvalue weighted by Gasteiger charge is -2.11. The lowest BCUT2D eigenvalue weighted by Crippen LogP contribution is -2.24. The molecule has 2 heterocycles. The molecule has 2 aromatic carbocycles. The molecule has 9 heteroatoms. The van der Waals surface area contributed by atoms with Crippen LogP contribution in [0, 0.1) is 0 Å². The number of hydrogen-bond acceptors (Lipinski definition) is 5. The first-order valence-electron chi connectivity index (χ1n) is 9.61. The number of carbonyl (C=O) groups is 2. The van der Waals surface area contributed by atoms with E-state index in [0.29, 0.717) is 28.0 Å². The number of anilines is 2. The van der Waals surface area contributed by atoms with Crippen LogP contribution in [0.15, 0.2) is 48.5 Å². The van der Waals surface area contributed by atoms with E-state index in [1.54, 1.807) is 43.2 Å². The molecule has 1 aliphatic heterocycles. The van der Waals surface area contributed by atoms with Gasteiger partial charge < -0.3 is 20.1 Å². The molecular weight excluding hydrogens is 420 g/mol. The van der Waals surface area contributed by atoms with Crippen molar-refractivity contribution in [1.82, 2.24) is 9.78 Å². The van der Waals surface area contributed by atoms with Gasteiger partial charge in [-0.2, -0.15) is 5.10 Å². The van der Waals surface area contributed by atoms with Crippen LogP contribution >= 0.6 is 11.6 Å². The normalized spacial score (nSPS) is 14.8. The molecule has 4 rings (SSSR count). The highest BCUT2D eigenvalue weighted by Gasteiger charge is 2.37. The quantitative estimate of drug-likeness (QED) is 0.581. The van der Waals surface area contributed by atoms with E-state index in [1.807, 2.05) is 24.3 Å². The molecule has 0 spiro atoms. The molecule has 0 bridgehead atoms. The van der Waals surface area contributed by atoms with Crippen molar-refractivity contribution in [1.29, 1.82) is 0 Å². The van der Waals surface area contributed by atoms with Gasteiger partial charge in [-0.15, -0.1) is 0 Å². The van der Waals surface area contributed by atoms with Gasteiger partial charge in [-0.3, -0.25) is 9.59 Å². The number of amides is 2. The molecule has 8 nitrogen and oxygen atoms in total. The predicted molar refractivity (Wildman–Crippen MR) is 117 cm³/mol. The average Bonchev–Trinajstić information content (AvgIpc) is 3.25. The second kappa shape index (κ2) is 8.79. The molecule has 0 aliphatic carbocycles. The SMILES string of the molecule is COCc1nn2c(c1-c1cccc(OC)c1)NC(=O)C2CC(=O)Nc1ccccc1Cl. The predicted octanol–water partition coefficient (Wildman–Crippen LogP) is 3.88. The Kier molecular flexibility index (Phi) is 5.92.